The van der Waals surface area contributed by atoms with Gasteiger partial charge in [-0.1, -0.05) is 0 Å². The van der Waals surface area contributed by atoms with E-state index in [-0.39, 0.29) is 5.92 Å². The molecule has 0 aromatic carbocycles. The summed E-state index contributed by atoms with van der Waals surface area (Å²) in [7, 11) is 0. The Morgan fingerprint density at radius 1 is 1.62 bits per heavy atom. The molecule has 0 radical (unpaired) electrons. The minimum atomic E-state index is -0.435. The highest BCUT2D eigenvalue weighted by Crippen LogP contribution is 2.34. The van der Waals surface area contributed by atoms with Crippen molar-refractivity contribution in [1.82, 2.24) is 0 Å². The average Bonchev–Trinajstić information content (AvgIpc) is 2.73. The first-order valence-corrected chi connectivity index (χ1v) is 6.14. The van der Waals surface area contributed by atoms with E-state index in [1.54, 1.807) is 0 Å². The van der Waals surface area contributed by atoms with Crippen LogP contribution in [0.15, 0.2) is 0 Å². The first-order chi connectivity index (χ1) is 6.22. The lowest BCUT2D eigenvalue weighted by Crippen LogP contribution is -2.39. The Kier molecular flexibility index (Phi) is 2.65. The summed E-state index contributed by atoms with van der Waals surface area (Å²) in [5.74, 6) is 2.78. The Labute approximate surface area is 83.4 Å². The Morgan fingerprint density at radius 3 is 3.00 bits per heavy atom. The van der Waals surface area contributed by atoms with Gasteiger partial charge in [0.1, 0.15) is 5.60 Å². The fraction of sp³-hybridized carbons (Fsp3) is 0.900. The average molecular weight is 200 g/mol. The van der Waals surface area contributed by atoms with E-state index < -0.39 is 5.60 Å². The summed E-state index contributed by atoms with van der Waals surface area (Å²) in [6.45, 7) is 2.73. The predicted molar refractivity (Wildman–Crippen MR) is 54.0 cm³/mol. The number of hydrogen-bond donors (Lipinski definition) is 0. The maximum Gasteiger partial charge on any atom is 0.168 e. The number of Topliss-reactive ketones (excluding diaryl/α,β-unsaturated/α-hetero) is 1. The molecular weight excluding hydrogens is 184 g/mol. The van der Waals surface area contributed by atoms with Gasteiger partial charge in [0.15, 0.2) is 5.78 Å². The van der Waals surface area contributed by atoms with Gasteiger partial charge < -0.3 is 4.74 Å². The highest BCUT2D eigenvalue weighted by molar-refractivity contribution is 7.99. The Bertz CT molecular complexity index is 203. The quantitative estimate of drug-likeness (QED) is 0.681. The third-order valence-electron chi connectivity index (χ3n) is 3.04. The van der Waals surface area contributed by atoms with E-state index in [1.807, 2.05) is 18.7 Å². The number of ether oxygens (including phenoxy) is 1. The summed E-state index contributed by atoms with van der Waals surface area (Å²) in [5.41, 5.74) is -0.435. The van der Waals surface area contributed by atoms with E-state index in [1.165, 1.54) is 0 Å². The zero-order chi connectivity index (χ0) is 9.31. The van der Waals surface area contributed by atoms with Crippen LogP contribution in [0.4, 0.5) is 0 Å². The van der Waals surface area contributed by atoms with E-state index >= 15 is 0 Å². The van der Waals surface area contributed by atoms with Crippen molar-refractivity contribution in [2.75, 3.05) is 18.1 Å². The summed E-state index contributed by atoms with van der Waals surface area (Å²) >= 11 is 1.89. The molecule has 0 N–H and O–H groups in total. The van der Waals surface area contributed by atoms with Crippen LogP contribution in [0.5, 0.6) is 0 Å². The van der Waals surface area contributed by atoms with Crippen LogP contribution < -0.4 is 0 Å². The van der Waals surface area contributed by atoms with Crippen molar-refractivity contribution in [3.8, 4) is 0 Å². The lowest BCUT2D eigenvalue weighted by Gasteiger charge is -2.24. The van der Waals surface area contributed by atoms with Crippen molar-refractivity contribution < 1.29 is 9.53 Å². The zero-order valence-corrected chi connectivity index (χ0v) is 8.86. The van der Waals surface area contributed by atoms with Gasteiger partial charge in [-0.3, -0.25) is 4.79 Å². The van der Waals surface area contributed by atoms with Gasteiger partial charge in [0.05, 0.1) is 0 Å². The Balaban J connectivity index is 2.02. The number of thioether (sulfide) groups is 1. The third-order valence-corrected chi connectivity index (χ3v) is 4.20. The highest BCUT2D eigenvalue weighted by Gasteiger charge is 2.41. The summed E-state index contributed by atoms with van der Waals surface area (Å²) in [6, 6.07) is 0. The van der Waals surface area contributed by atoms with Crippen LogP contribution in [0.1, 0.15) is 26.2 Å². The van der Waals surface area contributed by atoms with Crippen LogP contribution in [-0.2, 0) is 9.53 Å². The lowest BCUT2D eigenvalue weighted by molar-refractivity contribution is -0.140. The Morgan fingerprint density at radius 2 is 2.46 bits per heavy atom. The topological polar surface area (TPSA) is 26.3 Å². The molecule has 13 heavy (non-hydrogen) atoms. The van der Waals surface area contributed by atoms with E-state index in [2.05, 4.69) is 0 Å². The number of carbonyl (C=O) groups excluding carboxylic acids is 1. The van der Waals surface area contributed by atoms with Gasteiger partial charge in [-0.05, 0) is 31.9 Å². The van der Waals surface area contributed by atoms with Crippen LogP contribution in [-0.4, -0.2) is 29.5 Å². The van der Waals surface area contributed by atoms with Crippen molar-refractivity contribution in [3.05, 3.63) is 0 Å². The van der Waals surface area contributed by atoms with Gasteiger partial charge in [-0.15, -0.1) is 0 Å². The number of ketones is 1. The summed E-state index contributed by atoms with van der Waals surface area (Å²) in [6.07, 6.45) is 3.03. The first kappa shape index (κ1) is 9.53. The second-order valence-electron chi connectivity index (χ2n) is 4.11. The minimum absolute atomic E-state index is 0.271. The molecule has 0 aromatic rings. The van der Waals surface area contributed by atoms with E-state index in [4.69, 9.17) is 4.74 Å². The van der Waals surface area contributed by atoms with Crippen molar-refractivity contribution in [2.24, 2.45) is 5.92 Å². The van der Waals surface area contributed by atoms with E-state index in [0.29, 0.717) is 5.78 Å². The van der Waals surface area contributed by atoms with E-state index in [0.717, 1.165) is 37.4 Å². The first-order valence-electron chi connectivity index (χ1n) is 4.98. The minimum Gasteiger partial charge on any atom is -0.367 e. The van der Waals surface area contributed by atoms with Gasteiger partial charge in [0, 0.05) is 18.3 Å². The van der Waals surface area contributed by atoms with Crippen LogP contribution in [0.3, 0.4) is 0 Å². The molecule has 0 aliphatic carbocycles. The smallest absolute Gasteiger partial charge is 0.168 e. The molecule has 2 unspecified atom stereocenters. The van der Waals surface area contributed by atoms with Crippen LogP contribution in [0, 0.1) is 5.92 Å². The molecule has 3 heteroatoms. The largest absolute Gasteiger partial charge is 0.367 e. The van der Waals surface area contributed by atoms with E-state index in [9.17, 15) is 4.79 Å². The molecule has 2 aliphatic heterocycles. The van der Waals surface area contributed by atoms with Gasteiger partial charge >= 0.3 is 0 Å². The highest BCUT2D eigenvalue weighted by atomic mass is 32.2. The van der Waals surface area contributed by atoms with Crippen molar-refractivity contribution in [3.63, 3.8) is 0 Å². The molecule has 2 atom stereocenters. The summed E-state index contributed by atoms with van der Waals surface area (Å²) in [4.78, 5) is 12.0. The normalized spacial score (nSPS) is 39.6. The molecule has 2 fully saturated rings. The number of hydrogen-bond acceptors (Lipinski definition) is 3. The maximum atomic E-state index is 12.0. The molecule has 2 heterocycles. The van der Waals surface area contributed by atoms with Crippen LogP contribution in [0.25, 0.3) is 0 Å². The summed E-state index contributed by atoms with van der Waals surface area (Å²) < 4.78 is 5.56. The zero-order valence-electron chi connectivity index (χ0n) is 8.04. The monoisotopic (exact) mass is 200 g/mol. The van der Waals surface area contributed by atoms with Gasteiger partial charge in [-0.2, -0.15) is 11.8 Å². The SMILES string of the molecule is CC1(C(=O)C2CCSC2)CCCO1. The van der Waals surface area contributed by atoms with Gasteiger partial charge in [0.25, 0.3) is 0 Å². The van der Waals surface area contributed by atoms with Gasteiger partial charge in [0.2, 0.25) is 0 Å². The maximum absolute atomic E-state index is 12.0. The second-order valence-corrected chi connectivity index (χ2v) is 5.26. The standard InChI is InChI=1S/C10H16O2S/c1-10(4-2-5-12-10)9(11)8-3-6-13-7-8/h8H,2-7H2,1H3. The van der Waals surface area contributed by atoms with Crippen molar-refractivity contribution >= 4 is 17.5 Å². The molecule has 0 bridgehead atoms. The molecule has 0 spiro atoms. The summed E-state index contributed by atoms with van der Waals surface area (Å²) in [5, 5.41) is 0. The predicted octanol–water partition coefficient (Wildman–Crippen LogP) is 1.88. The molecular formula is C10H16O2S. The fourth-order valence-corrected chi connectivity index (χ4v) is 3.37. The molecule has 74 valence electrons. The van der Waals surface area contributed by atoms with Crippen LogP contribution in [0.2, 0.25) is 0 Å². The Hall–Kier alpha value is -0.0200. The molecule has 0 saturated carbocycles. The lowest BCUT2D eigenvalue weighted by atomic mass is 9.88. The molecule has 2 rings (SSSR count). The molecule has 2 saturated heterocycles. The molecule has 0 aromatic heterocycles. The fourth-order valence-electron chi connectivity index (χ4n) is 2.15. The van der Waals surface area contributed by atoms with Gasteiger partial charge in [-0.25, -0.2) is 0 Å². The van der Waals surface area contributed by atoms with Crippen LogP contribution >= 0.6 is 11.8 Å². The number of rotatable bonds is 2. The van der Waals surface area contributed by atoms with Crippen molar-refractivity contribution in [1.29, 1.82) is 0 Å². The van der Waals surface area contributed by atoms with Crippen molar-refractivity contribution in [2.45, 2.75) is 31.8 Å². The molecule has 2 nitrogen and oxygen atoms in total. The molecule has 0 amide bonds. The third kappa shape index (κ3) is 1.77. The second kappa shape index (κ2) is 3.62. The number of carbonyl (C=O) groups is 1. The molecule has 2 aliphatic rings.